The molecule has 0 aromatic heterocycles. The topological polar surface area (TPSA) is 86.7 Å². The highest BCUT2D eigenvalue weighted by molar-refractivity contribution is 6.21. The van der Waals surface area contributed by atoms with Crippen LogP contribution in [0, 0.1) is 34.5 Å². The summed E-state index contributed by atoms with van der Waals surface area (Å²) in [7, 11) is 0. The molecular formula is C27H35ClO6. The van der Waals surface area contributed by atoms with Crippen molar-refractivity contribution in [3.8, 4) is 0 Å². The van der Waals surface area contributed by atoms with Gasteiger partial charge >= 0.3 is 11.9 Å². The number of fused-ring (bicyclic) bond motifs is 5. The van der Waals surface area contributed by atoms with Gasteiger partial charge in [0.15, 0.2) is 18.0 Å². The molecule has 4 aliphatic carbocycles. The van der Waals surface area contributed by atoms with Crippen LogP contribution >= 0.6 is 11.6 Å². The molecule has 3 fully saturated rings. The number of alkyl halides is 1. The standard InChI is InChI=1S/C27H35ClO6/c1-6-23(32)34-27(22(31)14-33-16(3)29)15(2)11-20-19-8-7-17-12-18(30)9-10-25(17,4)24(19)21(28)13-26(20,27)5/h9-10,12,15,19-21,24H,6-8,11,13-14H2,1-5H3/t15-,19-,20-,21-,24+,25-,26-,27-/m0/s1. The number of ketones is 2. The molecule has 0 unspecified atom stereocenters. The molecule has 0 N–H and O–H groups in total. The van der Waals surface area contributed by atoms with E-state index in [0.29, 0.717) is 6.42 Å². The first-order chi connectivity index (χ1) is 15.9. The fraction of sp³-hybridized carbons (Fsp3) is 0.704. The smallest absolute Gasteiger partial charge is 0.306 e. The lowest BCUT2D eigenvalue weighted by Crippen LogP contribution is -2.63. The monoisotopic (exact) mass is 490 g/mol. The molecule has 0 radical (unpaired) electrons. The lowest BCUT2D eigenvalue weighted by Gasteiger charge is -2.60. The highest BCUT2D eigenvalue weighted by Gasteiger charge is 2.72. The first-order valence-electron chi connectivity index (χ1n) is 12.4. The number of halogens is 1. The zero-order valence-electron chi connectivity index (χ0n) is 20.7. The molecule has 186 valence electrons. The summed E-state index contributed by atoms with van der Waals surface area (Å²) in [5.41, 5.74) is -1.25. The maximum absolute atomic E-state index is 13.7. The quantitative estimate of drug-likeness (QED) is 0.414. The predicted octanol–water partition coefficient (Wildman–Crippen LogP) is 4.58. The van der Waals surface area contributed by atoms with Crippen LogP contribution in [0.5, 0.6) is 0 Å². The molecule has 4 aliphatic rings. The van der Waals surface area contributed by atoms with E-state index in [4.69, 9.17) is 21.1 Å². The van der Waals surface area contributed by atoms with Gasteiger partial charge in [0, 0.05) is 35.5 Å². The lowest BCUT2D eigenvalue weighted by atomic mass is 9.47. The first kappa shape index (κ1) is 25.2. The van der Waals surface area contributed by atoms with Gasteiger partial charge in [0.1, 0.15) is 0 Å². The summed E-state index contributed by atoms with van der Waals surface area (Å²) in [6.45, 7) is 8.72. The third-order valence-electron chi connectivity index (χ3n) is 9.38. The number of hydrogen-bond acceptors (Lipinski definition) is 6. The SMILES string of the molecule is CCC(=O)O[C@]1(C(=O)COC(C)=O)[C@@H](C)C[C@H]2[C@@H]3CCC4=CC(=O)C=C[C@]4(C)[C@H]3[C@@H](Cl)C[C@@]21C. The second kappa shape index (κ2) is 8.61. The van der Waals surface area contributed by atoms with E-state index in [1.54, 1.807) is 19.1 Å². The van der Waals surface area contributed by atoms with Crippen molar-refractivity contribution in [2.75, 3.05) is 6.61 Å². The molecule has 0 aliphatic heterocycles. The normalized spacial score (nSPS) is 42.7. The highest BCUT2D eigenvalue weighted by Crippen LogP contribution is 2.70. The summed E-state index contributed by atoms with van der Waals surface area (Å²) in [5.74, 6) is -1.13. The average Bonchev–Trinajstić information content (AvgIpc) is 2.99. The van der Waals surface area contributed by atoms with Gasteiger partial charge in [-0.1, -0.05) is 39.3 Å². The largest absolute Gasteiger partial charge is 0.458 e. The molecule has 34 heavy (non-hydrogen) atoms. The van der Waals surface area contributed by atoms with Crippen LogP contribution < -0.4 is 0 Å². The molecule has 7 heteroatoms. The maximum atomic E-state index is 13.7. The van der Waals surface area contributed by atoms with Gasteiger partial charge in [-0.3, -0.25) is 19.2 Å². The molecule has 0 heterocycles. The lowest BCUT2D eigenvalue weighted by molar-refractivity contribution is -0.196. The Morgan fingerprint density at radius 1 is 1.24 bits per heavy atom. The van der Waals surface area contributed by atoms with E-state index < -0.39 is 29.6 Å². The molecule has 0 amide bonds. The molecule has 0 saturated heterocycles. The molecule has 0 aromatic rings. The van der Waals surface area contributed by atoms with Crippen molar-refractivity contribution in [2.24, 2.45) is 34.5 Å². The summed E-state index contributed by atoms with van der Waals surface area (Å²) in [6.07, 6.45) is 8.49. The van der Waals surface area contributed by atoms with E-state index in [0.717, 1.165) is 24.8 Å². The van der Waals surface area contributed by atoms with Crippen molar-refractivity contribution in [2.45, 2.75) is 77.7 Å². The summed E-state index contributed by atoms with van der Waals surface area (Å²) in [5, 5.41) is -0.274. The molecule has 0 spiro atoms. The third-order valence-corrected chi connectivity index (χ3v) is 9.81. The third kappa shape index (κ3) is 3.51. The molecule has 6 nitrogen and oxygen atoms in total. The molecule has 0 bridgehead atoms. The Balaban J connectivity index is 1.77. The molecule has 3 saturated carbocycles. The van der Waals surface area contributed by atoms with E-state index in [1.807, 2.05) is 19.9 Å². The van der Waals surface area contributed by atoms with Gasteiger partial charge in [-0.05, 0) is 55.6 Å². The van der Waals surface area contributed by atoms with Crippen LogP contribution in [0.4, 0.5) is 0 Å². The number of rotatable bonds is 5. The fourth-order valence-electron chi connectivity index (χ4n) is 7.97. The number of carbonyl (C=O) groups excluding carboxylic acids is 4. The summed E-state index contributed by atoms with van der Waals surface area (Å²) >= 11 is 7.19. The zero-order chi connectivity index (χ0) is 25.1. The number of allylic oxidation sites excluding steroid dienone is 4. The predicted molar refractivity (Wildman–Crippen MR) is 127 cm³/mol. The van der Waals surface area contributed by atoms with Gasteiger partial charge < -0.3 is 9.47 Å². The minimum Gasteiger partial charge on any atom is -0.458 e. The van der Waals surface area contributed by atoms with Crippen LogP contribution in [0.25, 0.3) is 0 Å². The number of ether oxygens (including phenoxy) is 2. The second-order valence-corrected chi connectivity index (χ2v) is 11.6. The van der Waals surface area contributed by atoms with Crippen molar-refractivity contribution in [1.29, 1.82) is 0 Å². The van der Waals surface area contributed by atoms with Crippen LogP contribution in [-0.4, -0.2) is 41.1 Å². The van der Waals surface area contributed by atoms with Crippen LogP contribution in [0.1, 0.15) is 66.7 Å². The second-order valence-electron chi connectivity index (χ2n) is 11.1. The molecule has 4 rings (SSSR count). The van der Waals surface area contributed by atoms with Gasteiger partial charge in [0.05, 0.1) is 0 Å². The Hall–Kier alpha value is -1.95. The van der Waals surface area contributed by atoms with Gasteiger partial charge in [-0.25, -0.2) is 0 Å². The molecular weight excluding hydrogens is 456 g/mol. The molecule has 0 aromatic carbocycles. The Bertz CT molecular complexity index is 984. The van der Waals surface area contributed by atoms with E-state index in [2.05, 4.69) is 6.92 Å². The Morgan fingerprint density at radius 2 is 1.94 bits per heavy atom. The van der Waals surface area contributed by atoms with Crippen molar-refractivity contribution in [1.82, 2.24) is 0 Å². The first-order valence-corrected chi connectivity index (χ1v) is 12.8. The Labute approximate surface area is 206 Å². The summed E-state index contributed by atoms with van der Waals surface area (Å²) in [6, 6.07) is 0. The number of hydrogen-bond donors (Lipinski definition) is 0. The highest BCUT2D eigenvalue weighted by atomic mass is 35.5. The average molecular weight is 491 g/mol. The fourth-order valence-corrected chi connectivity index (χ4v) is 8.74. The minimum atomic E-state index is -1.40. The van der Waals surface area contributed by atoms with Gasteiger partial charge in [0.2, 0.25) is 5.78 Å². The Kier molecular flexibility index (Phi) is 6.37. The Morgan fingerprint density at radius 3 is 2.59 bits per heavy atom. The van der Waals surface area contributed by atoms with Gasteiger partial charge in [0.25, 0.3) is 0 Å². The van der Waals surface area contributed by atoms with Gasteiger partial charge in [-0.15, -0.1) is 11.6 Å². The van der Waals surface area contributed by atoms with E-state index >= 15 is 0 Å². The van der Waals surface area contributed by atoms with Crippen LogP contribution in [0.15, 0.2) is 23.8 Å². The van der Waals surface area contributed by atoms with Crippen LogP contribution in [0.3, 0.4) is 0 Å². The van der Waals surface area contributed by atoms with Crippen LogP contribution in [-0.2, 0) is 28.7 Å². The summed E-state index contributed by atoms with van der Waals surface area (Å²) in [4.78, 5) is 49.9. The number of Topliss-reactive ketones (excluding diaryl/α,β-unsaturated/α-hetero) is 1. The van der Waals surface area contributed by atoms with Crippen molar-refractivity contribution < 1.29 is 28.7 Å². The van der Waals surface area contributed by atoms with Gasteiger partial charge in [-0.2, -0.15) is 0 Å². The number of carbonyl (C=O) groups is 4. The van der Waals surface area contributed by atoms with Crippen LogP contribution in [0.2, 0.25) is 0 Å². The number of esters is 2. The van der Waals surface area contributed by atoms with E-state index in [-0.39, 0.29) is 52.5 Å². The van der Waals surface area contributed by atoms with E-state index in [1.165, 1.54) is 6.92 Å². The zero-order valence-corrected chi connectivity index (χ0v) is 21.4. The van der Waals surface area contributed by atoms with E-state index in [9.17, 15) is 19.2 Å². The molecule has 8 atom stereocenters. The minimum absolute atomic E-state index is 0.0220. The van der Waals surface area contributed by atoms with Crippen molar-refractivity contribution >= 4 is 35.1 Å². The van der Waals surface area contributed by atoms with Crippen molar-refractivity contribution in [3.63, 3.8) is 0 Å². The van der Waals surface area contributed by atoms with Crippen molar-refractivity contribution in [3.05, 3.63) is 23.8 Å². The summed E-state index contributed by atoms with van der Waals surface area (Å²) < 4.78 is 11.2. The maximum Gasteiger partial charge on any atom is 0.306 e.